The minimum atomic E-state index is 0.293. The summed E-state index contributed by atoms with van der Waals surface area (Å²) >= 11 is 1.63. The lowest BCUT2D eigenvalue weighted by molar-refractivity contribution is 0.451. The van der Waals surface area contributed by atoms with Gasteiger partial charge in [0.2, 0.25) is 0 Å². The number of hydrogen-bond acceptors (Lipinski definition) is 4. The fraction of sp³-hybridized carbons (Fsp3) is 0.400. The van der Waals surface area contributed by atoms with Crippen molar-refractivity contribution in [1.82, 2.24) is 10.3 Å². The van der Waals surface area contributed by atoms with Crippen molar-refractivity contribution >= 4 is 11.3 Å². The van der Waals surface area contributed by atoms with Crippen LogP contribution in [0.4, 0.5) is 0 Å². The van der Waals surface area contributed by atoms with Crippen LogP contribution in [0, 0.1) is 0 Å². The average Bonchev–Trinajstić information content (AvgIpc) is 2.92. The fourth-order valence-electron chi connectivity index (χ4n) is 2.08. The SMILES string of the molecule is CC(CCc1ccc(O)cc1)NC(C)c1cscn1. The van der Waals surface area contributed by atoms with Gasteiger partial charge < -0.3 is 10.4 Å². The quantitative estimate of drug-likeness (QED) is 0.848. The van der Waals surface area contributed by atoms with Crippen LogP contribution in [0.3, 0.4) is 0 Å². The van der Waals surface area contributed by atoms with Crippen LogP contribution in [-0.4, -0.2) is 16.1 Å². The zero-order valence-corrected chi connectivity index (χ0v) is 12.2. The molecule has 2 N–H and O–H groups in total. The number of thiazole rings is 1. The van der Waals surface area contributed by atoms with Gasteiger partial charge in [0.1, 0.15) is 5.75 Å². The molecule has 0 radical (unpaired) electrons. The molecular weight excluding hydrogens is 256 g/mol. The molecule has 0 bridgehead atoms. The molecule has 2 unspecified atom stereocenters. The summed E-state index contributed by atoms with van der Waals surface area (Å²) in [5.74, 6) is 0.326. The van der Waals surface area contributed by atoms with E-state index < -0.39 is 0 Å². The van der Waals surface area contributed by atoms with E-state index in [4.69, 9.17) is 0 Å². The Labute approximate surface area is 118 Å². The van der Waals surface area contributed by atoms with Crippen LogP contribution < -0.4 is 5.32 Å². The molecule has 2 rings (SSSR count). The number of aryl methyl sites for hydroxylation is 1. The third-order valence-electron chi connectivity index (χ3n) is 3.23. The summed E-state index contributed by atoms with van der Waals surface area (Å²) in [5.41, 5.74) is 4.24. The van der Waals surface area contributed by atoms with Gasteiger partial charge in [-0.25, -0.2) is 4.98 Å². The summed E-state index contributed by atoms with van der Waals surface area (Å²) in [4.78, 5) is 4.33. The van der Waals surface area contributed by atoms with Crippen molar-refractivity contribution in [2.24, 2.45) is 0 Å². The summed E-state index contributed by atoms with van der Waals surface area (Å²) in [5, 5.41) is 14.9. The lowest BCUT2D eigenvalue weighted by Crippen LogP contribution is -2.29. The van der Waals surface area contributed by atoms with Crippen molar-refractivity contribution in [3.63, 3.8) is 0 Å². The van der Waals surface area contributed by atoms with E-state index in [1.165, 1.54) is 5.56 Å². The minimum Gasteiger partial charge on any atom is -0.508 e. The molecule has 102 valence electrons. The molecule has 3 nitrogen and oxygen atoms in total. The Bertz CT molecular complexity index is 481. The van der Waals surface area contributed by atoms with Crippen LogP contribution in [0.1, 0.15) is 37.6 Å². The molecule has 0 aliphatic rings. The molecule has 0 amide bonds. The second-order valence-electron chi connectivity index (χ2n) is 4.91. The van der Waals surface area contributed by atoms with Crippen molar-refractivity contribution in [2.45, 2.75) is 38.8 Å². The van der Waals surface area contributed by atoms with E-state index in [2.05, 4.69) is 29.5 Å². The highest BCUT2D eigenvalue weighted by atomic mass is 32.1. The maximum atomic E-state index is 9.24. The summed E-state index contributed by atoms with van der Waals surface area (Å²) in [6.45, 7) is 4.34. The maximum Gasteiger partial charge on any atom is 0.115 e. The number of phenolic OH excluding ortho intramolecular Hbond substituents is 1. The van der Waals surface area contributed by atoms with Gasteiger partial charge in [0, 0.05) is 17.5 Å². The number of aromatic hydroxyl groups is 1. The Morgan fingerprint density at radius 1 is 1.26 bits per heavy atom. The Morgan fingerprint density at radius 2 is 2.00 bits per heavy atom. The lowest BCUT2D eigenvalue weighted by atomic mass is 10.1. The number of nitrogens with one attached hydrogen (secondary N) is 1. The number of aromatic nitrogens is 1. The van der Waals surface area contributed by atoms with Gasteiger partial charge in [-0.3, -0.25) is 0 Å². The molecule has 4 heteroatoms. The van der Waals surface area contributed by atoms with E-state index in [1.54, 1.807) is 23.5 Å². The zero-order valence-electron chi connectivity index (χ0n) is 11.3. The van der Waals surface area contributed by atoms with Crippen molar-refractivity contribution < 1.29 is 5.11 Å². The Hall–Kier alpha value is -1.39. The first-order chi connectivity index (χ1) is 9.15. The van der Waals surface area contributed by atoms with Crippen LogP contribution >= 0.6 is 11.3 Å². The Balaban J connectivity index is 1.78. The molecular formula is C15H20N2OS. The standard InChI is InChI=1S/C15H20N2OS/c1-11(17-12(2)15-9-19-10-16-15)3-4-13-5-7-14(18)8-6-13/h5-12,17-18H,3-4H2,1-2H3. The summed E-state index contributed by atoms with van der Waals surface area (Å²) < 4.78 is 0. The number of benzene rings is 1. The normalized spacial score (nSPS) is 14.2. The molecule has 0 saturated heterocycles. The smallest absolute Gasteiger partial charge is 0.115 e. The predicted molar refractivity (Wildman–Crippen MR) is 79.6 cm³/mol. The molecule has 1 aromatic carbocycles. The van der Waals surface area contributed by atoms with Crippen molar-refractivity contribution in [2.75, 3.05) is 0 Å². The molecule has 0 spiro atoms. The van der Waals surface area contributed by atoms with Crippen molar-refractivity contribution in [3.8, 4) is 5.75 Å². The van der Waals surface area contributed by atoms with Crippen molar-refractivity contribution in [3.05, 3.63) is 46.4 Å². The third-order valence-corrected chi connectivity index (χ3v) is 3.84. The lowest BCUT2D eigenvalue weighted by Gasteiger charge is -2.18. The highest BCUT2D eigenvalue weighted by Crippen LogP contribution is 2.15. The van der Waals surface area contributed by atoms with E-state index in [-0.39, 0.29) is 0 Å². The first-order valence-corrected chi connectivity index (χ1v) is 7.51. The fourth-order valence-corrected chi connectivity index (χ4v) is 2.72. The van der Waals surface area contributed by atoms with Crippen LogP contribution in [0.15, 0.2) is 35.2 Å². The number of rotatable bonds is 6. The number of hydrogen-bond donors (Lipinski definition) is 2. The number of phenols is 1. The van der Waals surface area contributed by atoms with Gasteiger partial charge in [0.15, 0.2) is 0 Å². The van der Waals surface area contributed by atoms with Gasteiger partial charge in [-0.2, -0.15) is 0 Å². The Morgan fingerprint density at radius 3 is 2.63 bits per heavy atom. The number of nitrogens with zero attached hydrogens (tertiary/aromatic N) is 1. The summed E-state index contributed by atoms with van der Waals surface area (Å²) in [6.07, 6.45) is 2.08. The first kappa shape index (κ1) is 14.0. The van der Waals surface area contributed by atoms with E-state index in [9.17, 15) is 5.11 Å². The van der Waals surface area contributed by atoms with E-state index in [1.807, 2.05) is 17.6 Å². The van der Waals surface area contributed by atoms with Crippen LogP contribution in [0.5, 0.6) is 5.75 Å². The van der Waals surface area contributed by atoms with Gasteiger partial charge in [-0.1, -0.05) is 12.1 Å². The molecule has 1 heterocycles. The third kappa shape index (κ3) is 4.33. The van der Waals surface area contributed by atoms with Gasteiger partial charge in [0.05, 0.1) is 11.2 Å². The predicted octanol–water partition coefficient (Wildman–Crippen LogP) is 3.52. The van der Waals surface area contributed by atoms with Gasteiger partial charge in [0.25, 0.3) is 0 Å². The van der Waals surface area contributed by atoms with Crippen LogP contribution in [0.2, 0.25) is 0 Å². The molecule has 1 aromatic heterocycles. The molecule has 0 aliphatic heterocycles. The van der Waals surface area contributed by atoms with Gasteiger partial charge >= 0.3 is 0 Å². The summed E-state index contributed by atoms with van der Waals surface area (Å²) in [7, 11) is 0. The molecule has 19 heavy (non-hydrogen) atoms. The van der Waals surface area contributed by atoms with E-state index >= 15 is 0 Å². The second-order valence-corrected chi connectivity index (χ2v) is 5.63. The Kier molecular flexibility index (Phi) is 4.93. The van der Waals surface area contributed by atoms with Crippen LogP contribution in [0.25, 0.3) is 0 Å². The first-order valence-electron chi connectivity index (χ1n) is 6.57. The molecule has 2 aromatic rings. The average molecular weight is 276 g/mol. The second kappa shape index (κ2) is 6.68. The maximum absolute atomic E-state index is 9.24. The topological polar surface area (TPSA) is 45.1 Å². The largest absolute Gasteiger partial charge is 0.508 e. The van der Waals surface area contributed by atoms with Gasteiger partial charge in [-0.15, -0.1) is 11.3 Å². The highest BCUT2D eigenvalue weighted by Gasteiger charge is 2.10. The monoisotopic (exact) mass is 276 g/mol. The van der Waals surface area contributed by atoms with E-state index in [0.717, 1.165) is 18.5 Å². The summed E-state index contributed by atoms with van der Waals surface area (Å²) in [6, 6.07) is 8.17. The molecule has 0 aliphatic carbocycles. The van der Waals surface area contributed by atoms with Crippen molar-refractivity contribution in [1.29, 1.82) is 0 Å². The van der Waals surface area contributed by atoms with Gasteiger partial charge in [-0.05, 0) is 44.4 Å². The van der Waals surface area contributed by atoms with E-state index in [0.29, 0.717) is 17.8 Å². The zero-order chi connectivity index (χ0) is 13.7. The molecule has 2 atom stereocenters. The van der Waals surface area contributed by atoms with Crippen LogP contribution in [-0.2, 0) is 6.42 Å². The molecule has 0 fully saturated rings. The minimum absolute atomic E-state index is 0.293. The molecule has 0 saturated carbocycles. The highest BCUT2D eigenvalue weighted by molar-refractivity contribution is 7.07.